The molecule has 0 unspecified atom stereocenters. The summed E-state index contributed by atoms with van der Waals surface area (Å²) in [6.45, 7) is 9.32. The Morgan fingerprint density at radius 1 is 1.00 bits per heavy atom. The van der Waals surface area contributed by atoms with Crippen LogP contribution in [0, 0.1) is 13.8 Å². The van der Waals surface area contributed by atoms with Crippen LogP contribution in [0.25, 0.3) is 0 Å². The number of unbranched alkanes of at least 4 members (excludes halogenated alkanes) is 3. The number of halogens is 1. The van der Waals surface area contributed by atoms with Crippen molar-refractivity contribution in [3.8, 4) is 5.75 Å². The summed E-state index contributed by atoms with van der Waals surface area (Å²) in [4.78, 5) is 0. The molecule has 0 radical (unpaired) electrons. The Morgan fingerprint density at radius 2 is 1.65 bits per heavy atom. The SMILES string of the molecule is CCCCNCCCCCOc1cc(C)c(Cl)c(C)c1. The standard InChI is InChI=1S/C17H28ClNO/c1-4-5-9-19-10-7-6-8-11-20-16-12-14(2)17(18)15(3)13-16/h12-13,19H,4-11H2,1-3H3. The highest BCUT2D eigenvalue weighted by atomic mass is 35.5. The maximum atomic E-state index is 6.14. The van der Waals surface area contributed by atoms with Gasteiger partial charge < -0.3 is 10.1 Å². The monoisotopic (exact) mass is 297 g/mol. The van der Waals surface area contributed by atoms with Gasteiger partial charge in [0.05, 0.1) is 6.61 Å². The number of aryl methyl sites for hydroxylation is 2. The largest absolute Gasteiger partial charge is 0.494 e. The van der Waals surface area contributed by atoms with Crippen molar-refractivity contribution in [1.29, 1.82) is 0 Å². The van der Waals surface area contributed by atoms with Gasteiger partial charge in [-0.25, -0.2) is 0 Å². The molecule has 0 amide bonds. The zero-order valence-corrected chi connectivity index (χ0v) is 13.9. The van der Waals surface area contributed by atoms with E-state index in [4.69, 9.17) is 16.3 Å². The molecule has 0 heterocycles. The van der Waals surface area contributed by atoms with E-state index < -0.39 is 0 Å². The molecule has 1 aromatic rings. The number of benzene rings is 1. The molecule has 0 fully saturated rings. The number of hydrogen-bond donors (Lipinski definition) is 1. The first-order valence-electron chi connectivity index (χ1n) is 7.75. The van der Waals surface area contributed by atoms with Gasteiger partial charge in [0, 0.05) is 5.02 Å². The van der Waals surface area contributed by atoms with E-state index in [9.17, 15) is 0 Å². The predicted molar refractivity (Wildman–Crippen MR) is 88.0 cm³/mol. The van der Waals surface area contributed by atoms with E-state index in [1.165, 1.54) is 25.7 Å². The highest BCUT2D eigenvalue weighted by Crippen LogP contribution is 2.25. The normalized spacial score (nSPS) is 10.8. The van der Waals surface area contributed by atoms with Gasteiger partial charge in [-0.3, -0.25) is 0 Å². The average Bonchev–Trinajstić information content (AvgIpc) is 2.43. The molecule has 0 aliphatic carbocycles. The third kappa shape index (κ3) is 6.62. The lowest BCUT2D eigenvalue weighted by atomic mass is 10.1. The quantitative estimate of drug-likeness (QED) is 0.621. The molecular weight excluding hydrogens is 270 g/mol. The number of hydrogen-bond acceptors (Lipinski definition) is 2. The van der Waals surface area contributed by atoms with Crippen LogP contribution < -0.4 is 10.1 Å². The first-order chi connectivity index (χ1) is 9.65. The molecule has 0 aliphatic heterocycles. The van der Waals surface area contributed by atoms with Crippen LogP contribution in [0.5, 0.6) is 5.75 Å². The molecule has 114 valence electrons. The van der Waals surface area contributed by atoms with E-state index in [-0.39, 0.29) is 0 Å². The van der Waals surface area contributed by atoms with Crippen LogP contribution in [0.1, 0.15) is 50.2 Å². The fourth-order valence-electron chi connectivity index (χ4n) is 2.14. The fraction of sp³-hybridized carbons (Fsp3) is 0.647. The molecule has 0 saturated heterocycles. The van der Waals surface area contributed by atoms with Crippen LogP contribution in [0.2, 0.25) is 5.02 Å². The summed E-state index contributed by atoms with van der Waals surface area (Å²) in [5.74, 6) is 0.936. The van der Waals surface area contributed by atoms with E-state index in [0.717, 1.165) is 48.0 Å². The van der Waals surface area contributed by atoms with E-state index in [1.807, 2.05) is 26.0 Å². The Balaban J connectivity index is 2.10. The second-order valence-electron chi connectivity index (χ2n) is 5.38. The summed E-state index contributed by atoms with van der Waals surface area (Å²) in [6.07, 6.45) is 6.09. The Bertz CT molecular complexity index is 370. The molecule has 0 atom stereocenters. The maximum absolute atomic E-state index is 6.14. The van der Waals surface area contributed by atoms with Crippen molar-refractivity contribution < 1.29 is 4.74 Å². The van der Waals surface area contributed by atoms with Gasteiger partial charge in [0.15, 0.2) is 0 Å². The summed E-state index contributed by atoms with van der Waals surface area (Å²) in [5, 5.41) is 4.30. The second kappa shape index (κ2) is 10.1. The fourth-order valence-corrected chi connectivity index (χ4v) is 2.24. The van der Waals surface area contributed by atoms with Crippen LogP contribution in [0.15, 0.2) is 12.1 Å². The molecule has 0 spiro atoms. The minimum atomic E-state index is 0.787. The Kier molecular flexibility index (Phi) is 8.72. The van der Waals surface area contributed by atoms with Crippen molar-refractivity contribution in [2.24, 2.45) is 0 Å². The van der Waals surface area contributed by atoms with Gasteiger partial charge in [-0.2, -0.15) is 0 Å². The number of rotatable bonds is 10. The molecule has 2 nitrogen and oxygen atoms in total. The predicted octanol–water partition coefficient (Wildman–Crippen LogP) is 4.90. The summed E-state index contributed by atoms with van der Waals surface area (Å²) >= 11 is 6.14. The molecule has 1 N–H and O–H groups in total. The zero-order chi connectivity index (χ0) is 14.8. The highest BCUT2D eigenvalue weighted by Gasteiger charge is 2.03. The average molecular weight is 298 g/mol. The Hall–Kier alpha value is -0.730. The minimum absolute atomic E-state index is 0.787. The molecule has 3 heteroatoms. The van der Waals surface area contributed by atoms with E-state index in [2.05, 4.69) is 12.2 Å². The van der Waals surface area contributed by atoms with Crippen molar-refractivity contribution in [3.05, 3.63) is 28.3 Å². The lowest BCUT2D eigenvalue weighted by Gasteiger charge is -2.10. The van der Waals surface area contributed by atoms with Gasteiger partial charge >= 0.3 is 0 Å². The molecule has 0 bridgehead atoms. The van der Waals surface area contributed by atoms with E-state index >= 15 is 0 Å². The van der Waals surface area contributed by atoms with Crippen molar-refractivity contribution >= 4 is 11.6 Å². The van der Waals surface area contributed by atoms with Gasteiger partial charge in [-0.1, -0.05) is 24.9 Å². The molecule has 1 aromatic carbocycles. The summed E-state index contributed by atoms with van der Waals surface area (Å²) in [5.41, 5.74) is 2.17. The van der Waals surface area contributed by atoms with Crippen molar-refractivity contribution in [1.82, 2.24) is 5.32 Å². The van der Waals surface area contributed by atoms with Crippen LogP contribution in [0.4, 0.5) is 0 Å². The van der Waals surface area contributed by atoms with Crippen molar-refractivity contribution in [2.45, 2.75) is 52.9 Å². The third-order valence-electron chi connectivity index (χ3n) is 3.38. The lowest BCUT2D eigenvalue weighted by molar-refractivity contribution is 0.304. The third-order valence-corrected chi connectivity index (χ3v) is 3.98. The second-order valence-corrected chi connectivity index (χ2v) is 5.76. The molecule has 1 rings (SSSR count). The summed E-state index contributed by atoms with van der Waals surface area (Å²) < 4.78 is 5.79. The maximum Gasteiger partial charge on any atom is 0.119 e. The van der Waals surface area contributed by atoms with Crippen LogP contribution in [-0.4, -0.2) is 19.7 Å². The van der Waals surface area contributed by atoms with Crippen molar-refractivity contribution in [2.75, 3.05) is 19.7 Å². The van der Waals surface area contributed by atoms with Crippen molar-refractivity contribution in [3.63, 3.8) is 0 Å². The lowest BCUT2D eigenvalue weighted by Crippen LogP contribution is -2.16. The number of nitrogens with one attached hydrogen (secondary N) is 1. The molecule has 0 saturated carbocycles. The Labute approximate surface area is 128 Å². The van der Waals surface area contributed by atoms with Crippen LogP contribution >= 0.6 is 11.6 Å². The molecule has 20 heavy (non-hydrogen) atoms. The van der Waals surface area contributed by atoms with E-state index in [0.29, 0.717) is 0 Å². The summed E-state index contributed by atoms with van der Waals surface area (Å²) in [7, 11) is 0. The molecule has 0 aliphatic rings. The first kappa shape index (κ1) is 17.3. The molecular formula is C17H28ClNO. The van der Waals surface area contributed by atoms with Gasteiger partial charge in [0.25, 0.3) is 0 Å². The van der Waals surface area contributed by atoms with Crippen LogP contribution in [0.3, 0.4) is 0 Å². The van der Waals surface area contributed by atoms with Crippen LogP contribution in [-0.2, 0) is 0 Å². The van der Waals surface area contributed by atoms with Gasteiger partial charge in [0.2, 0.25) is 0 Å². The van der Waals surface area contributed by atoms with E-state index in [1.54, 1.807) is 0 Å². The first-order valence-corrected chi connectivity index (χ1v) is 8.13. The minimum Gasteiger partial charge on any atom is -0.494 e. The van der Waals surface area contributed by atoms with Gasteiger partial charge in [-0.05, 0) is 75.9 Å². The zero-order valence-electron chi connectivity index (χ0n) is 13.1. The Morgan fingerprint density at radius 3 is 2.30 bits per heavy atom. The highest BCUT2D eigenvalue weighted by molar-refractivity contribution is 6.32. The van der Waals surface area contributed by atoms with Gasteiger partial charge in [0.1, 0.15) is 5.75 Å². The smallest absolute Gasteiger partial charge is 0.119 e. The topological polar surface area (TPSA) is 21.3 Å². The molecule has 0 aromatic heterocycles. The van der Waals surface area contributed by atoms with Gasteiger partial charge in [-0.15, -0.1) is 0 Å². The number of ether oxygens (including phenoxy) is 1. The summed E-state index contributed by atoms with van der Waals surface area (Å²) in [6, 6.07) is 4.03.